The van der Waals surface area contributed by atoms with Gasteiger partial charge in [0.2, 0.25) is 5.91 Å². The Morgan fingerprint density at radius 3 is 2.00 bits per heavy atom. The van der Waals surface area contributed by atoms with Crippen molar-refractivity contribution in [3.05, 3.63) is 76.6 Å². The molecule has 2 amide bonds. The van der Waals surface area contributed by atoms with Gasteiger partial charge in [0.1, 0.15) is 6.04 Å². The quantitative estimate of drug-likeness (QED) is 0.670. The third-order valence-electron chi connectivity index (χ3n) is 4.91. The molecular formula is C23H26N4O2. The number of aromatic nitrogens is 2. The lowest BCUT2D eigenvalue weighted by Crippen LogP contribution is -2.25. The molecule has 0 unspecified atom stereocenters. The molecule has 0 fully saturated rings. The molecule has 6 nitrogen and oxygen atoms in total. The van der Waals surface area contributed by atoms with Crippen molar-refractivity contribution >= 4 is 23.2 Å². The van der Waals surface area contributed by atoms with Gasteiger partial charge in [0.15, 0.2) is 5.69 Å². The van der Waals surface area contributed by atoms with Crippen molar-refractivity contribution in [3.8, 4) is 0 Å². The van der Waals surface area contributed by atoms with Gasteiger partial charge >= 0.3 is 0 Å². The van der Waals surface area contributed by atoms with Gasteiger partial charge in [0.05, 0.1) is 0 Å². The van der Waals surface area contributed by atoms with Crippen LogP contribution in [0.15, 0.2) is 48.7 Å². The summed E-state index contributed by atoms with van der Waals surface area (Å²) in [6.45, 7) is 9.59. The Morgan fingerprint density at radius 2 is 1.41 bits per heavy atom. The highest BCUT2D eigenvalue weighted by molar-refractivity contribution is 6.03. The van der Waals surface area contributed by atoms with Crippen LogP contribution < -0.4 is 10.6 Å². The van der Waals surface area contributed by atoms with E-state index in [1.165, 1.54) is 4.68 Å². The van der Waals surface area contributed by atoms with Gasteiger partial charge < -0.3 is 10.6 Å². The average molecular weight is 390 g/mol. The van der Waals surface area contributed by atoms with Crippen molar-refractivity contribution in [2.45, 2.75) is 40.7 Å². The lowest BCUT2D eigenvalue weighted by atomic mass is 10.1. The van der Waals surface area contributed by atoms with E-state index >= 15 is 0 Å². The van der Waals surface area contributed by atoms with Gasteiger partial charge in [0.25, 0.3) is 5.91 Å². The van der Waals surface area contributed by atoms with Crippen LogP contribution in [0.3, 0.4) is 0 Å². The zero-order valence-electron chi connectivity index (χ0n) is 17.4. The molecule has 29 heavy (non-hydrogen) atoms. The Balaban J connectivity index is 1.71. The van der Waals surface area contributed by atoms with Gasteiger partial charge in [-0.15, -0.1) is 0 Å². The number of carbonyl (C=O) groups excluding carboxylic acids is 2. The number of hydrogen-bond acceptors (Lipinski definition) is 3. The van der Waals surface area contributed by atoms with E-state index in [-0.39, 0.29) is 17.5 Å². The Labute approximate surface area is 170 Å². The molecule has 150 valence electrons. The van der Waals surface area contributed by atoms with Crippen LogP contribution in [0.1, 0.15) is 45.7 Å². The number of nitrogens with one attached hydrogen (secondary N) is 2. The minimum atomic E-state index is -0.558. The number of anilines is 2. The van der Waals surface area contributed by atoms with Crippen LogP contribution in [0.2, 0.25) is 0 Å². The van der Waals surface area contributed by atoms with Crippen LogP contribution in [0, 0.1) is 27.7 Å². The SMILES string of the molecule is Cc1ccc(C)c(NC(=O)c2ccn([C@H](C)C(=O)Nc3cc(C)ccc3C)n2)c1. The second-order valence-electron chi connectivity index (χ2n) is 7.44. The summed E-state index contributed by atoms with van der Waals surface area (Å²) in [5, 5.41) is 10.1. The molecule has 2 aromatic carbocycles. The molecule has 1 aromatic heterocycles. The summed E-state index contributed by atoms with van der Waals surface area (Å²) in [6.07, 6.45) is 1.64. The van der Waals surface area contributed by atoms with E-state index in [0.717, 1.165) is 33.6 Å². The van der Waals surface area contributed by atoms with Crippen molar-refractivity contribution in [2.75, 3.05) is 10.6 Å². The summed E-state index contributed by atoms with van der Waals surface area (Å²) < 4.78 is 1.50. The highest BCUT2D eigenvalue weighted by atomic mass is 16.2. The van der Waals surface area contributed by atoms with Gasteiger partial charge in [-0.2, -0.15) is 5.10 Å². The third kappa shape index (κ3) is 4.71. The molecule has 1 atom stereocenters. The monoisotopic (exact) mass is 390 g/mol. The molecule has 0 aliphatic heterocycles. The number of aryl methyl sites for hydroxylation is 4. The molecule has 0 saturated carbocycles. The topological polar surface area (TPSA) is 76.0 Å². The molecular weight excluding hydrogens is 364 g/mol. The smallest absolute Gasteiger partial charge is 0.276 e. The van der Waals surface area contributed by atoms with Gasteiger partial charge in [0, 0.05) is 17.6 Å². The lowest BCUT2D eigenvalue weighted by molar-refractivity contribution is -0.119. The summed E-state index contributed by atoms with van der Waals surface area (Å²) in [6, 6.07) is 12.8. The Kier molecular flexibility index (Phi) is 5.82. The standard InChI is InChI=1S/C23H26N4O2/c1-14-6-8-16(3)20(12-14)24-22(28)18(5)27-11-10-19(26-27)23(29)25-21-13-15(2)7-9-17(21)4/h6-13,18H,1-5H3,(H,24,28)(H,25,29)/t18-/m1/s1. The average Bonchev–Trinajstić information content (AvgIpc) is 3.17. The predicted octanol–water partition coefficient (Wildman–Crippen LogP) is 4.57. The molecule has 0 aliphatic carbocycles. The number of benzene rings is 2. The lowest BCUT2D eigenvalue weighted by Gasteiger charge is -2.14. The fourth-order valence-corrected chi connectivity index (χ4v) is 2.96. The van der Waals surface area contributed by atoms with Crippen molar-refractivity contribution in [2.24, 2.45) is 0 Å². The number of hydrogen-bond donors (Lipinski definition) is 2. The molecule has 0 aliphatic rings. The normalized spacial score (nSPS) is 11.8. The van der Waals surface area contributed by atoms with Gasteiger partial charge in [-0.05, 0) is 75.1 Å². The Hall–Kier alpha value is -3.41. The fourth-order valence-electron chi connectivity index (χ4n) is 2.96. The van der Waals surface area contributed by atoms with Crippen LogP contribution in [-0.4, -0.2) is 21.6 Å². The fraction of sp³-hybridized carbons (Fsp3) is 0.261. The first-order valence-electron chi connectivity index (χ1n) is 9.56. The van der Waals surface area contributed by atoms with Crippen molar-refractivity contribution in [1.82, 2.24) is 9.78 Å². The number of amides is 2. The first-order valence-corrected chi connectivity index (χ1v) is 9.56. The van der Waals surface area contributed by atoms with Gasteiger partial charge in [-0.3, -0.25) is 14.3 Å². The predicted molar refractivity (Wildman–Crippen MR) is 115 cm³/mol. The number of rotatable bonds is 5. The first-order chi connectivity index (χ1) is 13.7. The molecule has 2 N–H and O–H groups in total. The van der Waals surface area contributed by atoms with E-state index in [4.69, 9.17) is 0 Å². The maximum absolute atomic E-state index is 12.7. The summed E-state index contributed by atoms with van der Waals surface area (Å²) in [4.78, 5) is 25.2. The summed E-state index contributed by atoms with van der Waals surface area (Å²) in [5.41, 5.74) is 5.90. The molecule has 3 aromatic rings. The zero-order chi connectivity index (χ0) is 21.1. The zero-order valence-corrected chi connectivity index (χ0v) is 17.4. The van der Waals surface area contributed by atoms with Gasteiger partial charge in [-0.25, -0.2) is 0 Å². The number of nitrogens with zero attached hydrogens (tertiary/aromatic N) is 2. The molecule has 0 radical (unpaired) electrons. The molecule has 1 heterocycles. The highest BCUT2D eigenvalue weighted by Crippen LogP contribution is 2.19. The van der Waals surface area contributed by atoms with Crippen LogP contribution in [0.4, 0.5) is 11.4 Å². The minimum Gasteiger partial charge on any atom is -0.324 e. The minimum absolute atomic E-state index is 0.191. The van der Waals surface area contributed by atoms with E-state index in [1.807, 2.05) is 64.1 Å². The molecule has 0 bridgehead atoms. The van der Waals surface area contributed by atoms with Gasteiger partial charge in [-0.1, -0.05) is 24.3 Å². The van der Waals surface area contributed by atoms with E-state index in [0.29, 0.717) is 0 Å². The molecule has 3 rings (SSSR count). The summed E-state index contributed by atoms with van der Waals surface area (Å²) in [5.74, 6) is -0.497. The van der Waals surface area contributed by atoms with E-state index in [9.17, 15) is 9.59 Å². The second kappa shape index (κ2) is 8.31. The number of carbonyl (C=O) groups is 2. The van der Waals surface area contributed by atoms with Crippen LogP contribution in [-0.2, 0) is 4.79 Å². The maximum atomic E-state index is 12.7. The second-order valence-corrected chi connectivity index (χ2v) is 7.44. The summed E-state index contributed by atoms with van der Waals surface area (Å²) >= 11 is 0. The maximum Gasteiger partial charge on any atom is 0.276 e. The molecule has 0 spiro atoms. The Bertz CT molecular complexity index is 1070. The third-order valence-corrected chi connectivity index (χ3v) is 4.91. The van der Waals surface area contributed by atoms with Crippen LogP contribution in [0.25, 0.3) is 0 Å². The summed E-state index contributed by atoms with van der Waals surface area (Å²) in [7, 11) is 0. The van der Waals surface area contributed by atoms with Crippen LogP contribution >= 0.6 is 0 Å². The van der Waals surface area contributed by atoms with Crippen molar-refractivity contribution in [3.63, 3.8) is 0 Å². The van der Waals surface area contributed by atoms with E-state index in [1.54, 1.807) is 19.2 Å². The van der Waals surface area contributed by atoms with Crippen molar-refractivity contribution in [1.29, 1.82) is 0 Å². The van der Waals surface area contributed by atoms with E-state index in [2.05, 4.69) is 15.7 Å². The highest BCUT2D eigenvalue weighted by Gasteiger charge is 2.19. The van der Waals surface area contributed by atoms with Crippen molar-refractivity contribution < 1.29 is 9.59 Å². The first kappa shape index (κ1) is 20.3. The Morgan fingerprint density at radius 1 is 0.862 bits per heavy atom. The largest absolute Gasteiger partial charge is 0.324 e. The molecule has 0 saturated heterocycles. The molecule has 6 heteroatoms. The van der Waals surface area contributed by atoms with Crippen LogP contribution in [0.5, 0.6) is 0 Å². The van der Waals surface area contributed by atoms with E-state index < -0.39 is 6.04 Å².